The monoisotopic (exact) mass is 402 g/mol. The van der Waals surface area contributed by atoms with E-state index in [2.05, 4.69) is 5.32 Å². The fourth-order valence-corrected chi connectivity index (χ4v) is 3.02. The zero-order valence-corrected chi connectivity index (χ0v) is 15.4. The fraction of sp³-hybridized carbons (Fsp3) is 0.188. The largest absolute Gasteiger partial charge is 0.481 e. The highest BCUT2D eigenvalue weighted by Crippen LogP contribution is 2.32. The summed E-state index contributed by atoms with van der Waals surface area (Å²) in [7, 11) is -3.70. The Labute approximate surface area is 155 Å². The molecular weight excluding hydrogens is 387 g/mol. The summed E-state index contributed by atoms with van der Waals surface area (Å²) in [4.78, 5) is 11.8. The number of para-hydroxylation sites is 1. The van der Waals surface area contributed by atoms with Gasteiger partial charge in [0.05, 0.1) is 14.9 Å². The molecule has 0 radical (unpaired) electrons. The summed E-state index contributed by atoms with van der Waals surface area (Å²) in [6.45, 7) is 0.154. The van der Waals surface area contributed by atoms with Gasteiger partial charge in [0.25, 0.3) is 5.91 Å². The number of rotatable bonds is 7. The summed E-state index contributed by atoms with van der Waals surface area (Å²) in [5.74, 6) is -0.0586. The van der Waals surface area contributed by atoms with Crippen LogP contribution in [0.25, 0.3) is 0 Å². The SMILES string of the molecule is NS(=O)(=O)c1ccc(CCNC(=O)COc2c(Cl)cccc2Cl)cc1. The minimum absolute atomic E-state index is 0.0466. The molecule has 134 valence electrons. The number of carbonyl (C=O) groups is 1. The van der Waals surface area contributed by atoms with Crippen LogP contribution in [0.15, 0.2) is 47.4 Å². The molecule has 0 aliphatic carbocycles. The lowest BCUT2D eigenvalue weighted by Gasteiger charge is -2.10. The van der Waals surface area contributed by atoms with E-state index in [4.69, 9.17) is 33.1 Å². The number of benzene rings is 2. The van der Waals surface area contributed by atoms with Crippen LogP contribution in [0.1, 0.15) is 5.56 Å². The van der Waals surface area contributed by atoms with Crippen LogP contribution in [0.5, 0.6) is 5.75 Å². The van der Waals surface area contributed by atoms with Gasteiger partial charge < -0.3 is 10.1 Å². The highest BCUT2D eigenvalue weighted by molar-refractivity contribution is 7.89. The molecule has 1 amide bonds. The van der Waals surface area contributed by atoms with Crippen LogP contribution >= 0.6 is 23.2 Å². The Bertz CT molecular complexity index is 835. The van der Waals surface area contributed by atoms with Crippen LogP contribution in [-0.4, -0.2) is 27.5 Å². The number of sulfonamides is 1. The van der Waals surface area contributed by atoms with E-state index in [0.29, 0.717) is 23.0 Å². The average molecular weight is 403 g/mol. The lowest BCUT2D eigenvalue weighted by molar-refractivity contribution is -0.123. The molecule has 0 saturated heterocycles. The van der Waals surface area contributed by atoms with Gasteiger partial charge in [-0.25, -0.2) is 13.6 Å². The maximum atomic E-state index is 11.8. The van der Waals surface area contributed by atoms with E-state index in [9.17, 15) is 13.2 Å². The number of nitrogens with one attached hydrogen (secondary N) is 1. The molecule has 2 aromatic rings. The van der Waals surface area contributed by atoms with Gasteiger partial charge in [-0.15, -0.1) is 0 Å². The number of carbonyl (C=O) groups excluding carboxylic acids is 1. The van der Waals surface area contributed by atoms with Gasteiger partial charge >= 0.3 is 0 Å². The fourth-order valence-electron chi connectivity index (χ4n) is 2.00. The van der Waals surface area contributed by atoms with Crippen molar-refractivity contribution in [3.05, 3.63) is 58.1 Å². The highest BCUT2D eigenvalue weighted by atomic mass is 35.5. The first-order valence-corrected chi connectivity index (χ1v) is 9.53. The van der Waals surface area contributed by atoms with Gasteiger partial charge in [-0.05, 0) is 36.2 Å². The summed E-state index contributed by atoms with van der Waals surface area (Å²) in [6.07, 6.45) is 0.531. The normalized spacial score (nSPS) is 11.2. The van der Waals surface area contributed by atoms with Crippen molar-refractivity contribution in [1.82, 2.24) is 5.32 Å². The van der Waals surface area contributed by atoms with Crippen LogP contribution in [-0.2, 0) is 21.2 Å². The van der Waals surface area contributed by atoms with Gasteiger partial charge in [-0.1, -0.05) is 41.4 Å². The molecular formula is C16H16Cl2N2O4S. The Morgan fingerprint density at radius 3 is 2.24 bits per heavy atom. The van der Waals surface area contributed by atoms with Crippen molar-refractivity contribution in [2.75, 3.05) is 13.2 Å². The molecule has 0 aliphatic rings. The van der Waals surface area contributed by atoms with Gasteiger partial charge in [0, 0.05) is 6.54 Å². The Kier molecular flexibility index (Phi) is 6.66. The number of hydrogen-bond acceptors (Lipinski definition) is 4. The van der Waals surface area contributed by atoms with Crippen molar-refractivity contribution in [2.45, 2.75) is 11.3 Å². The summed E-state index contributed by atoms with van der Waals surface area (Å²) in [6, 6.07) is 11.1. The molecule has 0 aromatic heterocycles. The molecule has 6 nitrogen and oxygen atoms in total. The summed E-state index contributed by atoms with van der Waals surface area (Å²) in [5.41, 5.74) is 0.864. The van der Waals surface area contributed by atoms with Crippen molar-refractivity contribution in [3.63, 3.8) is 0 Å². The van der Waals surface area contributed by atoms with Gasteiger partial charge in [0.2, 0.25) is 10.0 Å². The first-order chi connectivity index (χ1) is 11.8. The number of ether oxygens (including phenoxy) is 1. The zero-order chi connectivity index (χ0) is 18.4. The Morgan fingerprint density at radius 1 is 1.08 bits per heavy atom. The van der Waals surface area contributed by atoms with Gasteiger partial charge in [-0.2, -0.15) is 0 Å². The van der Waals surface area contributed by atoms with E-state index in [1.807, 2.05) is 0 Å². The molecule has 2 aromatic carbocycles. The van der Waals surface area contributed by atoms with Gasteiger partial charge in [0.15, 0.2) is 12.4 Å². The van der Waals surface area contributed by atoms with Crippen molar-refractivity contribution >= 4 is 39.1 Å². The minimum atomic E-state index is -3.70. The Balaban J connectivity index is 1.79. The lowest BCUT2D eigenvalue weighted by atomic mass is 10.1. The van der Waals surface area contributed by atoms with Gasteiger partial charge in [-0.3, -0.25) is 4.79 Å². The molecule has 0 atom stereocenters. The highest BCUT2D eigenvalue weighted by Gasteiger charge is 2.10. The van der Waals surface area contributed by atoms with Crippen molar-refractivity contribution < 1.29 is 17.9 Å². The minimum Gasteiger partial charge on any atom is -0.481 e. The molecule has 0 unspecified atom stereocenters. The number of hydrogen-bond donors (Lipinski definition) is 2. The summed E-state index contributed by atoms with van der Waals surface area (Å²) < 4.78 is 27.7. The number of amides is 1. The quantitative estimate of drug-likeness (QED) is 0.742. The van der Waals surface area contributed by atoms with E-state index in [0.717, 1.165) is 5.56 Å². The third kappa shape index (κ3) is 5.89. The molecule has 0 heterocycles. The van der Waals surface area contributed by atoms with Crippen LogP contribution < -0.4 is 15.2 Å². The van der Waals surface area contributed by atoms with Crippen LogP contribution in [0.2, 0.25) is 10.0 Å². The van der Waals surface area contributed by atoms with Crippen LogP contribution in [0, 0.1) is 0 Å². The lowest BCUT2D eigenvalue weighted by Crippen LogP contribution is -2.30. The molecule has 0 bridgehead atoms. The van der Waals surface area contributed by atoms with E-state index >= 15 is 0 Å². The Morgan fingerprint density at radius 2 is 1.68 bits per heavy atom. The molecule has 3 N–H and O–H groups in total. The first kappa shape index (κ1) is 19.5. The molecule has 25 heavy (non-hydrogen) atoms. The van der Waals surface area contributed by atoms with Crippen LogP contribution in [0.4, 0.5) is 0 Å². The van der Waals surface area contributed by atoms with Crippen molar-refractivity contribution in [1.29, 1.82) is 0 Å². The molecule has 9 heteroatoms. The maximum absolute atomic E-state index is 11.8. The Hall–Kier alpha value is -1.80. The maximum Gasteiger partial charge on any atom is 0.257 e. The van der Waals surface area contributed by atoms with E-state index < -0.39 is 10.0 Å². The predicted octanol–water partition coefficient (Wildman–Crippen LogP) is 2.38. The molecule has 0 spiro atoms. The predicted molar refractivity (Wildman–Crippen MR) is 96.5 cm³/mol. The second-order valence-electron chi connectivity index (χ2n) is 5.13. The number of halogens is 2. The number of nitrogens with two attached hydrogens (primary N) is 1. The standard InChI is InChI=1S/C16H16Cl2N2O4S/c17-13-2-1-3-14(18)16(13)24-10-15(21)20-9-8-11-4-6-12(7-5-11)25(19,22)23/h1-7H,8-10H2,(H,20,21)(H2,19,22,23). The third-order valence-corrected chi connectivity index (χ3v) is 4.78. The van der Waals surface area contributed by atoms with Crippen LogP contribution in [0.3, 0.4) is 0 Å². The van der Waals surface area contributed by atoms with Gasteiger partial charge in [0.1, 0.15) is 0 Å². The van der Waals surface area contributed by atoms with Crippen molar-refractivity contribution in [3.8, 4) is 5.75 Å². The molecule has 2 rings (SSSR count). The third-order valence-electron chi connectivity index (χ3n) is 3.25. The average Bonchev–Trinajstić information content (AvgIpc) is 2.54. The molecule has 0 aliphatic heterocycles. The smallest absolute Gasteiger partial charge is 0.257 e. The molecule has 0 saturated carbocycles. The summed E-state index contributed by atoms with van der Waals surface area (Å²) in [5, 5.41) is 8.38. The van der Waals surface area contributed by atoms with E-state index in [1.54, 1.807) is 30.3 Å². The second kappa shape index (κ2) is 8.53. The first-order valence-electron chi connectivity index (χ1n) is 7.22. The van der Waals surface area contributed by atoms with Crippen molar-refractivity contribution in [2.24, 2.45) is 5.14 Å². The second-order valence-corrected chi connectivity index (χ2v) is 7.50. The zero-order valence-electron chi connectivity index (χ0n) is 13.0. The summed E-state index contributed by atoms with van der Waals surface area (Å²) >= 11 is 11.9. The number of primary sulfonamides is 1. The van der Waals surface area contributed by atoms with E-state index in [-0.39, 0.29) is 23.2 Å². The topological polar surface area (TPSA) is 98.5 Å². The van der Waals surface area contributed by atoms with E-state index in [1.165, 1.54) is 12.1 Å². The molecule has 0 fully saturated rings.